The number of halogens is 1. The first-order chi connectivity index (χ1) is 5.27. The maximum Gasteiger partial charge on any atom is 0.133 e. The lowest BCUT2D eigenvalue weighted by atomic mass is 10.4. The Kier molecular flexibility index (Phi) is 2.59. The van der Waals surface area contributed by atoms with Gasteiger partial charge in [0.15, 0.2) is 0 Å². The maximum atomic E-state index is 12.1. The monoisotopic (exact) mass is 157 g/mol. The van der Waals surface area contributed by atoms with E-state index < -0.39 is 6.67 Å². The van der Waals surface area contributed by atoms with Crippen LogP contribution < -0.4 is 5.73 Å². The summed E-state index contributed by atoms with van der Waals surface area (Å²) in [5.74, 6) is 0.776. The number of hydrogen-bond acceptors (Lipinski definition) is 2. The van der Waals surface area contributed by atoms with Crippen molar-refractivity contribution >= 4 is 0 Å². The summed E-state index contributed by atoms with van der Waals surface area (Å²) >= 11 is 0. The van der Waals surface area contributed by atoms with Crippen molar-refractivity contribution in [1.82, 2.24) is 9.97 Å². The molecule has 0 aromatic carbocycles. The van der Waals surface area contributed by atoms with Gasteiger partial charge in [0.05, 0.1) is 5.69 Å². The summed E-state index contributed by atoms with van der Waals surface area (Å²) in [7, 11) is 0. The fourth-order valence-electron chi connectivity index (χ4n) is 0.949. The Bertz CT molecular complexity index is 232. The zero-order chi connectivity index (χ0) is 8.27. The molecule has 3 nitrogen and oxygen atoms in total. The Morgan fingerprint density at radius 3 is 2.82 bits per heavy atom. The summed E-state index contributed by atoms with van der Waals surface area (Å²) in [5, 5.41) is 0. The number of nitrogens with two attached hydrogens (primary N) is 1. The summed E-state index contributed by atoms with van der Waals surface area (Å²) in [6, 6.07) is 0. The molecule has 0 aliphatic carbocycles. The summed E-state index contributed by atoms with van der Waals surface area (Å²) in [5.41, 5.74) is 6.60. The number of rotatable bonds is 3. The molecule has 0 atom stereocenters. The van der Waals surface area contributed by atoms with Crippen LogP contribution in [0.2, 0.25) is 0 Å². The van der Waals surface area contributed by atoms with Crippen LogP contribution in [0.25, 0.3) is 0 Å². The fourth-order valence-corrected chi connectivity index (χ4v) is 0.949. The molecule has 0 amide bonds. The zero-order valence-electron chi connectivity index (χ0n) is 6.52. The van der Waals surface area contributed by atoms with Crippen LogP contribution in [0.1, 0.15) is 17.2 Å². The van der Waals surface area contributed by atoms with Crippen LogP contribution in [0.15, 0.2) is 0 Å². The van der Waals surface area contributed by atoms with Crippen molar-refractivity contribution in [3.05, 3.63) is 17.2 Å². The molecule has 0 radical (unpaired) electrons. The number of aromatic nitrogens is 2. The van der Waals surface area contributed by atoms with Gasteiger partial charge in [-0.05, 0) is 13.5 Å². The molecule has 1 aromatic heterocycles. The van der Waals surface area contributed by atoms with Crippen molar-refractivity contribution in [2.75, 3.05) is 6.54 Å². The minimum atomic E-state index is -0.507. The fraction of sp³-hybridized carbons (Fsp3) is 0.571. The van der Waals surface area contributed by atoms with Gasteiger partial charge in [0.25, 0.3) is 0 Å². The highest BCUT2D eigenvalue weighted by Crippen LogP contribution is 2.05. The molecule has 1 heterocycles. The van der Waals surface area contributed by atoms with Crippen LogP contribution in [0.4, 0.5) is 4.39 Å². The van der Waals surface area contributed by atoms with Crippen molar-refractivity contribution < 1.29 is 4.39 Å². The number of aromatic amines is 1. The number of nitrogens with zero attached hydrogens (tertiary/aromatic N) is 1. The standard InChI is InChI=1S/C7H12FN3/c1-5-6(4-8)11-7(10-5)2-3-9/h2-4,9H2,1H3,(H,10,11). The zero-order valence-corrected chi connectivity index (χ0v) is 6.52. The first kappa shape index (κ1) is 8.20. The number of aryl methyl sites for hydroxylation is 1. The van der Waals surface area contributed by atoms with Crippen LogP contribution in [-0.4, -0.2) is 16.5 Å². The molecule has 1 aromatic rings. The molecule has 0 spiro atoms. The van der Waals surface area contributed by atoms with E-state index in [1.54, 1.807) is 0 Å². The predicted molar refractivity (Wildman–Crippen MR) is 40.9 cm³/mol. The first-order valence-electron chi connectivity index (χ1n) is 3.58. The van der Waals surface area contributed by atoms with Gasteiger partial charge in [0.2, 0.25) is 0 Å². The van der Waals surface area contributed by atoms with Crippen LogP contribution in [0.5, 0.6) is 0 Å². The van der Waals surface area contributed by atoms with Gasteiger partial charge in [-0.1, -0.05) is 0 Å². The molecule has 0 aliphatic heterocycles. The quantitative estimate of drug-likeness (QED) is 0.678. The van der Waals surface area contributed by atoms with Crippen molar-refractivity contribution in [2.24, 2.45) is 5.73 Å². The summed E-state index contributed by atoms with van der Waals surface area (Å²) in [6.07, 6.45) is 0.681. The lowest BCUT2D eigenvalue weighted by Gasteiger charge is -1.87. The van der Waals surface area contributed by atoms with Crippen molar-refractivity contribution in [1.29, 1.82) is 0 Å². The Labute approximate surface area is 64.8 Å². The van der Waals surface area contributed by atoms with Crippen molar-refractivity contribution in [3.63, 3.8) is 0 Å². The Morgan fingerprint density at radius 1 is 1.64 bits per heavy atom. The SMILES string of the molecule is Cc1[nH]c(CCN)nc1CF. The highest BCUT2D eigenvalue weighted by atomic mass is 19.1. The first-order valence-corrected chi connectivity index (χ1v) is 3.58. The van der Waals surface area contributed by atoms with Crippen LogP contribution in [0.3, 0.4) is 0 Å². The third-order valence-corrected chi connectivity index (χ3v) is 1.54. The second-order valence-corrected chi connectivity index (χ2v) is 2.43. The van der Waals surface area contributed by atoms with Crippen LogP contribution in [-0.2, 0) is 13.1 Å². The molecule has 0 unspecified atom stereocenters. The van der Waals surface area contributed by atoms with Crippen LogP contribution >= 0.6 is 0 Å². The van der Waals surface area contributed by atoms with Crippen LogP contribution in [0, 0.1) is 6.92 Å². The average molecular weight is 157 g/mol. The van der Waals surface area contributed by atoms with Crippen molar-refractivity contribution in [3.8, 4) is 0 Å². The number of nitrogens with one attached hydrogen (secondary N) is 1. The van der Waals surface area contributed by atoms with Gasteiger partial charge in [-0.3, -0.25) is 0 Å². The normalized spacial score (nSPS) is 10.5. The second-order valence-electron chi connectivity index (χ2n) is 2.43. The third-order valence-electron chi connectivity index (χ3n) is 1.54. The molecule has 3 N–H and O–H groups in total. The summed E-state index contributed by atoms with van der Waals surface area (Å²) in [4.78, 5) is 6.97. The van der Waals surface area contributed by atoms with E-state index in [1.165, 1.54) is 0 Å². The molecular weight excluding hydrogens is 145 g/mol. The molecule has 11 heavy (non-hydrogen) atoms. The van der Waals surface area contributed by atoms with Crippen molar-refractivity contribution in [2.45, 2.75) is 20.0 Å². The maximum absolute atomic E-state index is 12.1. The largest absolute Gasteiger partial charge is 0.346 e. The molecule has 4 heteroatoms. The topological polar surface area (TPSA) is 54.7 Å². The molecule has 0 fully saturated rings. The number of H-pyrrole nitrogens is 1. The molecule has 62 valence electrons. The Morgan fingerprint density at radius 2 is 2.36 bits per heavy atom. The van der Waals surface area contributed by atoms with E-state index in [4.69, 9.17) is 5.73 Å². The van der Waals surface area contributed by atoms with E-state index in [2.05, 4.69) is 9.97 Å². The lowest BCUT2D eigenvalue weighted by molar-refractivity contribution is 0.475. The minimum absolute atomic E-state index is 0.494. The number of alkyl halides is 1. The highest BCUT2D eigenvalue weighted by molar-refractivity contribution is 5.12. The molecular formula is C7H12FN3. The average Bonchev–Trinajstić information content (AvgIpc) is 2.32. The van der Waals surface area contributed by atoms with Gasteiger partial charge in [-0.15, -0.1) is 0 Å². The minimum Gasteiger partial charge on any atom is -0.346 e. The Hall–Kier alpha value is -0.900. The van der Waals surface area contributed by atoms with Gasteiger partial charge in [0, 0.05) is 12.1 Å². The number of hydrogen-bond donors (Lipinski definition) is 2. The third kappa shape index (κ3) is 1.77. The van der Waals surface area contributed by atoms with E-state index in [-0.39, 0.29) is 0 Å². The van der Waals surface area contributed by atoms with E-state index in [9.17, 15) is 4.39 Å². The molecule has 0 aliphatic rings. The second kappa shape index (κ2) is 3.48. The van der Waals surface area contributed by atoms with E-state index >= 15 is 0 Å². The van der Waals surface area contributed by atoms with E-state index in [0.29, 0.717) is 18.7 Å². The lowest BCUT2D eigenvalue weighted by Crippen LogP contribution is -2.03. The van der Waals surface area contributed by atoms with Gasteiger partial charge in [-0.2, -0.15) is 0 Å². The molecule has 0 saturated carbocycles. The Balaban J connectivity index is 2.77. The van der Waals surface area contributed by atoms with E-state index in [0.717, 1.165) is 11.5 Å². The van der Waals surface area contributed by atoms with Gasteiger partial charge in [0.1, 0.15) is 12.5 Å². The molecule has 1 rings (SSSR count). The van der Waals surface area contributed by atoms with E-state index in [1.807, 2.05) is 6.92 Å². The smallest absolute Gasteiger partial charge is 0.133 e. The molecule has 0 bridgehead atoms. The van der Waals surface area contributed by atoms with Gasteiger partial charge < -0.3 is 10.7 Å². The van der Waals surface area contributed by atoms with Gasteiger partial charge in [-0.25, -0.2) is 9.37 Å². The predicted octanol–water partition coefficient (Wildman–Crippen LogP) is 0.689. The number of imidazole rings is 1. The summed E-state index contributed by atoms with van der Waals surface area (Å²) < 4.78 is 12.1. The highest BCUT2D eigenvalue weighted by Gasteiger charge is 2.04. The van der Waals surface area contributed by atoms with Gasteiger partial charge >= 0.3 is 0 Å². The molecule has 0 saturated heterocycles. The summed E-state index contributed by atoms with van der Waals surface area (Å²) in [6.45, 7) is 1.84.